The van der Waals surface area contributed by atoms with Crippen molar-refractivity contribution in [1.29, 1.82) is 5.26 Å². The van der Waals surface area contributed by atoms with Crippen molar-refractivity contribution in [3.8, 4) is 11.8 Å². The molecule has 0 aromatic heterocycles. The van der Waals surface area contributed by atoms with Gasteiger partial charge in [0.05, 0.1) is 18.8 Å². The molecule has 0 atom stereocenters. The molecule has 1 rings (SSSR count). The molecule has 0 bridgehead atoms. The highest BCUT2D eigenvalue weighted by Crippen LogP contribution is 2.17. The van der Waals surface area contributed by atoms with E-state index in [1.807, 2.05) is 24.3 Å². The lowest BCUT2D eigenvalue weighted by Crippen LogP contribution is -1.84. The average molecular weight is 159 g/mol. The molecule has 0 heterocycles. The maximum Gasteiger partial charge on any atom is 0.119 e. The Kier molecular flexibility index (Phi) is 2.49. The molecule has 1 aromatic rings. The molecular weight excluding hydrogens is 150 g/mol. The van der Waals surface area contributed by atoms with Gasteiger partial charge in [-0.25, -0.2) is 0 Å². The van der Waals surface area contributed by atoms with Crippen LogP contribution in [0.3, 0.4) is 0 Å². The molecule has 0 unspecified atom stereocenters. The summed E-state index contributed by atoms with van der Waals surface area (Å²) in [4.78, 5) is 0. The highest BCUT2D eigenvalue weighted by Gasteiger charge is 1.97. The lowest BCUT2D eigenvalue weighted by molar-refractivity contribution is 0.414. The van der Waals surface area contributed by atoms with Crippen LogP contribution in [0.2, 0.25) is 0 Å². The maximum absolute atomic E-state index is 8.56. The molecule has 2 nitrogen and oxygen atoms in total. The zero-order chi connectivity index (χ0) is 8.97. The van der Waals surface area contributed by atoms with Gasteiger partial charge in [0.2, 0.25) is 0 Å². The largest absolute Gasteiger partial charge is 0.497 e. The highest BCUT2D eigenvalue weighted by atomic mass is 16.5. The van der Waals surface area contributed by atoms with E-state index in [0.717, 1.165) is 11.3 Å². The first kappa shape index (κ1) is 8.35. The fourth-order valence-electron chi connectivity index (χ4n) is 0.875. The molecule has 0 N–H and O–H groups in total. The normalized spacial score (nSPS) is 8.67. The Morgan fingerprint density at radius 1 is 1.58 bits per heavy atom. The minimum Gasteiger partial charge on any atom is -0.497 e. The fraction of sp³-hybridized carbons (Fsp3) is 0.100. The van der Waals surface area contributed by atoms with Crippen LogP contribution in [0, 0.1) is 11.3 Å². The summed E-state index contributed by atoms with van der Waals surface area (Å²) in [7, 11) is 1.59. The number of nitriles is 1. The van der Waals surface area contributed by atoms with Crippen LogP contribution < -0.4 is 4.74 Å². The minimum absolute atomic E-state index is 0.453. The van der Waals surface area contributed by atoms with Crippen LogP contribution >= 0.6 is 0 Å². The molecule has 0 radical (unpaired) electrons. The molecule has 0 fully saturated rings. The van der Waals surface area contributed by atoms with Gasteiger partial charge < -0.3 is 4.74 Å². The summed E-state index contributed by atoms with van der Waals surface area (Å²) in [5, 5.41) is 8.56. The van der Waals surface area contributed by atoms with Gasteiger partial charge in [-0.3, -0.25) is 0 Å². The molecule has 0 amide bonds. The molecule has 12 heavy (non-hydrogen) atoms. The molecule has 2 heteroatoms. The Morgan fingerprint density at radius 3 is 2.92 bits per heavy atom. The molecular formula is C10H9NO. The number of hydrogen-bond donors (Lipinski definition) is 0. The van der Waals surface area contributed by atoms with E-state index >= 15 is 0 Å². The van der Waals surface area contributed by atoms with Crippen molar-refractivity contribution in [2.24, 2.45) is 0 Å². The van der Waals surface area contributed by atoms with Crippen LogP contribution in [-0.2, 0) is 0 Å². The van der Waals surface area contributed by atoms with Gasteiger partial charge in [0.25, 0.3) is 0 Å². The van der Waals surface area contributed by atoms with Gasteiger partial charge in [0, 0.05) is 0 Å². The molecule has 0 aliphatic heterocycles. The van der Waals surface area contributed by atoms with Gasteiger partial charge in [0.15, 0.2) is 0 Å². The van der Waals surface area contributed by atoms with Gasteiger partial charge in [-0.2, -0.15) is 5.26 Å². The van der Waals surface area contributed by atoms with Gasteiger partial charge in [-0.05, 0) is 17.7 Å². The van der Waals surface area contributed by atoms with Crippen molar-refractivity contribution in [2.45, 2.75) is 0 Å². The van der Waals surface area contributed by atoms with Gasteiger partial charge in [-0.15, -0.1) is 0 Å². The van der Waals surface area contributed by atoms with E-state index in [4.69, 9.17) is 10.00 Å². The summed E-state index contributed by atoms with van der Waals surface area (Å²) in [6.07, 6.45) is 0. The number of hydrogen-bond acceptors (Lipinski definition) is 2. The van der Waals surface area contributed by atoms with E-state index < -0.39 is 0 Å². The zero-order valence-electron chi connectivity index (χ0n) is 6.87. The SMILES string of the molecule is C=C(C#N)c1cccc(OC)c1. The van der Waals surface area contributed by atoms with Gasteiger partial charge >= 0.3 is 0 Å². The fourth-order valence-corrected chi connectivity index (χ4v) is 0.875. The van der Waals surface area contributed by atoms with E-state index in [0.29, 0.717) is 5.57 Å². The second kappa shape index (κ2) is 3.59. The third kappa shape index (κ3) is 1.64. The van der Waals surface area contributed by atoms with E-state index in [1.54, 1.807) is 13.2 Å². The number of rotatable bonds is 2. The Labute approximate surface area is 71.7 Å². The summed E-state index contributed by atoms with van der Waals surface area (Å²) >= 11 is 0. The Morgan fingerprint density at radius 2 is 2.33 bits per heavy atom. The monoisotopic (exact) mass is 159 g/mol. The number of allylic oxidation sites excluding steroid dienone is 1. The molecule has 0 aliphatic carbocycles. The number of nitrogens with zero attached hydrogens (tertiary/aromatic N) is 1. The standard InChI is InChI=1S/C10H9NO/c1-8(7-11)9-4-3-5-10(6-9)12-2/h3-6H,1H2,2H3. The van der Waals surface area contributed by atoms with E-state index in [2.05, 4.69) is 6.58 Å². The second-order valence-corrected chi connectivity index (χ2v) is 2.32. The number of benzene rings is 1. The smallest absolute Gasteiger partial charge is 0.119 e. The lowest BCUT2D eigenvalue weighted by Gasteiger charge is -2.01. The van der Waals surface area contributed by atoms with Crippen molar-refractivity contribution in [1.82, 2.24) is 0 Å². The lowest BCUT2D eigenvalue weighted by atomic mass is 10.1. The predicted octanol–water partition coefficient (Wildman–Crippen LogP) is 2.23. The van der Waals surface area contributed by atoms with Crippen molar-refractivity contribution < 1.29 is 4.74 Å². The first-order valence-corrected chi connectivity index (χ1v) is 3.51. The van der Waals surface area contributed by atoms with E-state index in [-0.39, 0.29) is 0 Å². The van der Waals surface area contributed by atoms with E-state index in [1.165, 1.54) is 0 Å². The first-order chi connectivity index (χ1) is 5.77. The molecule has 0 spiro atoms. The second-order valence-electron chi connectivity index (χ2n) is 2.32. The van der Waals surface area contributed by atoms with Crippen LogP contribution in [0.5, 0.6) is 5.75 Å². The van der Waals surface area contributed by atoms with Crippen molar-refractivity contribution >= 4 is 5.57 Å². The zero-order valence-corrected chi connectivity index (χ0v) is 6.87. The van der Waals surface area contributed by atoms with Crippen LogP contribution in [0.25, 0.3) is 5.57 Å². The van der Waals surface area contributed by atoms with E-state index in [9.17, 15) is 0 Å². The summed E-state index contributed by atoms with van der Waals surface area (Å²) in [6, 6.07) is 9.25. The molecule has 0 saturated heterocycles. The molecule has 0 saturated carbocycles. The van der Waals surface area contributed by atoms with Crippen LogP contribution in [-0.4, -0.2) is 7.11 Å². The predicted molar refractivity (Wildman–Crippen MR) is 47.6 cm³/mol. The molecule has 0 aliphatic rings. The Balaban J connectivity index is 3.03. The molecule has 1 aromatic carbocycles. The van der Waals surface area contributed by atoms with Crippen LogP contribution in [0.4, 0.5) is 0 Å². The topological polar surface area (TPSA) is 33.0 Å². The maximum atomic E-state index is 8.56. The summed E-state index contributed by atoms with van der Waals surface area (Å²) in [5.74, 6) is 0.740. The summed E-state index contributed by atoms with van der Waals surface area (Å²) < 4.78 is 5.00. The highest BCUT2D eigenvalue weighted by molar-refractivity contribution is 5.75. The summed E-state index contributed by atoms with van der Waals surface area (Å²) in [5.41, 5.74) is 1.26. The van der Waals surface area contributed by atoms with Crippen LogP contribution in [0.15, 0.2) is 30.8 Å². The van der Waals surface area contributed by atoms with Gasteiger partial charge in [-0.1, -0.05) is 18.7 Å². The van der Waals surface area contributed by atoms with Gasteiger partial charge in [0.1, 0.15) is 5.75 Å². The Hall–Kier alpha value is -1.75. The Bertz CT molecular complexity index is 336. The van der Waals surface area contributed by atoms with Crippen LogP contribution in [0.1, 0.15) is 5.56 Å². The summed E-state index contributed by atoms with van der Waals surface area (Å²) in [6.45, 7) is 3.60. The third-order valence-electron chi connectivity index (χ3n) is 1.55. The average Bonchev–Trinajstić information content (AvgIpc) is 2.17. The first-order valence-electron chi connectivity index (χ1n) is 3.51. The number of ether oxygens (including phenoxy) is 1. The quantitative estimate of drug-likeness (QED) is 0.620. The minimum atomic E-state index is 0.453. The van der Waals surface area contributed by atoms with Crippen molar-refractivity contribution in [2.75, 3.05) is 7.11 Å². The number of methoxy groups -OCH3 is 1. The third-order valence-corrected chi connectivity index (χ3v) is 1.55. The van der Waals surface area contributed by atoms with Crippen molar-refractivity contribution in [3.63, 3.8) is 0 Å². The molecule has 60 valence electrons. The van der Waals surface area contributed by atoms with Crippen molar-refractivity contribution in [3.05, 3.63) is 36.4 Å².